The second-order valence-corrected chi connectivity index (χ2v) is 3.95. The molecule has 0 aliphatic heterocycles. The highest BCUT2D eigenvalue weighted by atomic mass is 16.5. The van der Waals surface area contributed by atoms with Crippen LogP contribution in [0.25, 0.3) is 0 Å². The molecule has 4 nitrogen and oxygen atoms in total. The van der Waals surface area contributed by atoms with Gasteiger partial charge in [0.1, 0.15) is 5.75 Å². The third-order valence-electron chi connectivity index (χ3n) is 2.75. The second-order valence-electron chi connectivity index (χ2n) is 3.95. The zero-order chi connectivity index (χ0) is 13.0. The monoisotopic (exact) mass is 242 g/mol. The molecule has 0 spiro atoms. The highest BCUT2D eigenvalue weighted by molar-refractivity contribution is 5.60. The van der Waals surface area contributed by atoms with Crippen molar-refractivity contribution in [2.45, 2.75) is 13.0 Å². The molecule has 0 aliphatic rings. The Kier molecular flexibility index (Phi) is 3.54. The number of hydrogen-bond acceptors (Lipinski definition) is 4. The summed E-state index contributed by atoms with van der Waals surface area (Å²) < 4.78 is 10.3. The molecule has 1 heterocycles. The number of anilines is 1. The zero-order valence-electron chi connectivity index (χ0n) is 10.3. The molecule has 1 aromatic carbocycles. The van der Waals surface area contributed by atoms with Crippen LogP contribution in [0.5, 0.6) is 5.75 Å². The number of nitriles is 1. The summed E-state index contributed by atoms with van der Waals surface area (Å²) in [6, 6.07) is 9.41. The van der Waals surface area contributed by atoms with Crippen LogP contribution in [0, 0.1) is 11.3 Å². The predicted octanol–water partition coefficient (Wildman–Crippen LogP) is 3.33. The minimum Gasteiger partial charge on any atom is -0.495 e. The standard InChI is InChI=1S/C14H14N2O2/c1-10(12-5-6-18-9-12)16-13-4-3-11(8-15)7-14(13)17-2/h3-7,9-10,16H,1-2H3. The number of methoxy groups -OCH3 is 1. The van der Waals surface area contributed by atoms with E-state index in [0.29, 0.717) is 11.3 Å². The van der Waals surface area contributed by atoms with Crippen molar-refractivity contribution in [1.82, 2.24) is 0 Å². The van der Waals surface area contributed by atoms with Gasteiger partial charge in [0, 0.05) is 11.6 Å². The maximum atomic E-state index is 8.84. The van der Waals surface area contributed by atoms with Crippen molar-refractivity contribution >= 4 is 5.69 Å². The van der Waals surface area contributed by atoms with Crippen molar-refractivity contribution in [3.8, 4) is 11.8 Å². The highest BCUT2D eigenvalue weighted by Crippen LogP contribution is 2.29. The minimum atomic E-state index is 0.102. The summed E-state index contributed by atoms with van der Waals surface area (Å²) in [4.78, 5) is 0. The molecule has 92 valence electrons. The SMILES string of the molecule is COc1cc(C#N)ccc1NC(C)c1ccoc1. The van der Waals surface area contributed by atoms with E-state index in [9.17, 15) is 0 Å². The van der Waals surface area contributed by atoms with E-state index in [0.717, 1.165) is 11.3 Å². The molecule has 0 saturated heterocycles. The normalized spacial score (nSPS) is 11.6. The van der Waals surface area contributed by atoms with E-state index < -0.39 is 0 Å². The predicted molar refractivity (Wildman–Crippen MR) is 68.5 cm³/mol. The Balaban J connectivity index is 2.21. The van der Waals surface area contributed by atoms with Gasteiger partial charge in [-0.3, -0.25) is 0 Å². The van der Waals surface area contributed by atoms with Crippen LogP contribution < -0.4 is 10.1 Å². The van der Waals surface area contributed by atoms with E-state index in [1.807, 2.05) is 19.1 Å². The van der Waals surface area contributed by atoms with Gasteiger partial charge in [0.2, 0.25) is 0 Å². The van der Waals surface area contributed by atoms with Crippen LogP contribution in [0.1, 0.15) is 24.1 Å². The lowest BCUT2D eigenvalue weighted by Crippen LogP contribution is -2.06. The molecule has 0 aliphatic carbocycles. The first-order valence-electron chi connectivity index (χ1n) is 5.61. The first kappa shape index (κ1) is 12.1. The van der Waals surface area contributed by atoms with E-state index in [-0.39, 0.29) is 6.04 Å². The fourth-order valence-electron chi connectivity index (χ4n) is 1.72. The van der Waals surface area contributed by atoms with Gasteiger partial charge in [0.25, 0.3) is 0 Å². The summed E-state index contributed by atoms with van der Waals surface area (Å²) in [5, 5.41) is 12.2. The fraction of sp³-hybridized carbons (Fsp3) is 0.214. The summed E-state index contributed by atoms with van der Waals surface area (Å²) in [7, 11) is 1.59. The van der Waals surface area contributed by atoms with Gasteiger partial charge in [0.15, 0.2) is 0 Å². The zero-order valence-corrected chi connectivity index (χ0v) is 10.3. The summed E-state index contributed by atoms with van der Waals surface area (Å²) in [5.41, 5.74) is 2.49. The van der Waals surface area contributed by atoms with Crippen molar-refractivity contribution < 1.29 is 9.15 Å². The average molecular weight is 242 g/mol. The van der Waals surface area contributed by atoms with Gasteiger partial charge in [0.05, 0.1) is 43.0 Å². The Labute approximate surface area is 106 Å². The number of hydrogen-bond donors (Lipinski definition) is 1. The molecule has 0 fully saturated rings. The Hall–Kier alpha value is -2.41. The smallest absolute Gasteiger partial charge is 0.143 e. The number of benzene rings is 1. The molecular formula is C14H14N2O2. The first-order chi connectivity index (χ1) is 8.74. The van der Waals surface area contributed by atoms with Gasteiger partial charge in [-0.05, 0) is 25.1 Å². The molecular weight excluding hydrogens is 228 g/mol. The van der Waals surface area contributed by atoms with Crippen molar-refractivity contribution in [2.75, 3.05) is 12.4 Å². The quantitative estimate of drug-likeness (QED) is 0.893. The summed E-state index contributed by atoms with van der Waals surface area (Å²) in [6.45, 7) is 2.03. The van der Waals surface area contributed by atoms with Gasteiger partial charge >= 0.3 is 0 Å². The van der Waals surface area contributed by atoms with Crippen molar-refractivity contribution in [1.29, 1.82) is 5.26 Å². The average Bonchev–Trinajstić information content (AvgIpc) is 2.93. The van der Waals surface area contributed by atoms with E-state index >= 15 is 0 Å². The molecule has 0 radical (unpaired) electrons. The second kappa shape index (κ2) is 5.28. The minimum absolute atomic E-state index is 0.102. The molecule has 1 unspecified atom stereocenters. The Morgan fingerprint density at radius 3 is 2.83 bits per heavy atom. The largest absolute Gasteiger partial charge is 0.495 e. The molecule has 2 aromatic rings. The van der Waals surface area contributed by atoms with Gasteiger partial charge in [-0.2, -0.15) is 5.26 Å². The van der Waals surface area contributed by atoms with Crippen LogP contribution in [-0.4, -0.2) is 7.11 Å². The molecule has 0 saturated carbocycles. The Morgan fingerprint density at radius 2 is 2.22 bits per heavy atom. The molecule has 1 atom stereocenters. The number of nitrogens with one attached hydrogen (secondary N) is 1. The lowest BCUT2D eigenvalue weighted by Gasteiger charge is -2.16. The first-order valence-corrected chi connectivity index (χ1v) is 5.61. The number of ether oxygens (including phenoxy) is 1. The van der Waals surface area contributed by atoms with Crippen LogP contribution >= 0.6 is 0 Å². The Morgan fingerprint density at radius 1 is 1.39 bits per heavy atom. The lowest BCUT2D eigenvalue weighted by molar-refractivity contribution is 0.416. The van der Waals surface area contributed by atoms with Gasteiger partial charge in [-0.25, -0.2) is 0 Å². The molecule has 0 bridgehead atoms. The summed E-state index contributed by atoms with van der Waals surface area (Å²) in [5.74, 6) is 0.657. The van der Waals surface area contributed by atoms with Crippen LogP contribution in [0.4, 0.5) is 5.69 Å². The number of rotatable bonds is 4. The van der Waals surface area contributed by atoms with Crippen molar-refractivity contribution in [3.05, 3.63) is 47.9 Å². The number of nitrogens with zero attached hydrogens (tertiary/aromatic N) is 1. The third-order valence-corrected chi connectivity index (χ3v) is 2.75. The molecule has 1 N–H and O–H groups in total. The third kappa shape index (κ3) is 2.46. The molecule has 1 aromatic heterocycles. The lowest BCUT2D eigenvalue weighted by atomic mass is 10.1. The van der Waals surface area contributed by atoms with Crippen LogP contribution in [0.15, 0.2) is 41.2 Å². The number of furan rings is 1. The van der Waals surface area contributed by atoms with Crippen molar-refractivity contribution in [2.24, 2.45) is 0 Å². The maximum absolute atomic E-state index is 8.84. The van der Waals surface area contributed by atoms with Gasteiger partial charge < -0.3 is 14.5 Å². The summed E-state index contributed by atoms with van der Waals surface area (Å²) in [6.07, 6.45) is 3.34. The van der Waals surface area contributed by atoms with E-state index in [1.165, 1.54) is 0 Å². The van der Waals surface area contributed by atoms with E-state index in [4.69, 9.17) is 14.4 Å². The molecule has 18 heavy (non-hydrogen) atoms. The summed E-state index contributed by atoms with van der Waals surface area (Å²) >= 11 is 0. The Bertz CT molecular complexity index is 556. The topological polar surface area (TPSA) is 58.2 Å². The molecule has 2 rings (SSSR count). The van der Waals surface area contributed by atoms with Crippen LogP contribution in [0.2, 0.25) is 0 Å². The molecule has 0 amide bonds. The fourth-order valence-corrected chi connectivity index (χ4v) is 1.72. The van der Waals surface area contributed by atoms with Gasteiger partial charge in [-0.1, -0.05) is 0 Å². The van der Waals surface area contributed by atoms with Gasteiger partial charge in [-0.15, -0.1) is 0 Å². The van der Waals surface area contributed by atoms with Crippen LogP contribution in [-0.2, 0) is 0 Å². The van der Waals surface area contributed by atoms with Crippen molar-refractivity contribution in [3.63, 3.8) is 0 Å². The highest BCUT2D eigenvalue weighted by Gasteiger charge is 2.10. The maximum Gasteiger partial charge on any atom is 0.143 e. The van der Waals surface area contributed by atoms with E-state index in [2.05, 4.69) is 11.4 Å². The van der Waals surface area contributed by atoms with Crippen LogP contribution in [0.3, 0.4) is 0 Å². The molecule has 4 heteroatoms. The van der Waals surface area contributed by atoms with E-state index in [1.54, 1.807) is 31.8 Å².